The fourth-order valence-corrected chi connectivity index (χ4v) is 8.59. The van der Waals surface area contributed by atoms with E-state index in [1.807, 2.05) is 0 Å². The molecule has 2 aromatic rings. The van der Waals surface area contributed by atoms with Gasteiger partial charge in [0.1, 0.15) is 16.4 Å². The van der Waals surface area contributed by atoms with Crippen molar-refractivity contribution in [3.63, 3.8) is 0 Å². The highest BCUT2D eigenvalue weighted by Gasteiger charge is 2.54. The highest BCUT2D eigenvalue weighted by molar-refractivity contribution is 7.92. The van der Waals surface area contributed by atoms with Gasteiger partial charge in [-0.3, -0.25) is 0 Å². The van der Waals surface area contributed by atoms with Gasteiger partial charge in [0.2, 0.25) is 10.0 Å². The zero-order chi connectivity index (χ0) is 24.2. The van der Waals surface area contributed by atoms with Crippen molar-refractivity contribution in [2.24, 2.45) is 5.92 Å². The van der Waals surface area contributed by atoms with E-state index in [1.54, 1.807) is 0 Å². The zero-order valence-electron chi connectivity index (χ0n) is 17.1. The van der Waals surface area contributed by atoms with E-state index in [9.17, 15) is 38.8 Å². The highest BCUT2D eigenvalue weighted by atomic mass is 32.2. The second kappa shape index (κ2) is 8.02. The molecule has 1 aliphatic carbocycles. The summed E-state index contributed by atoms with van der Waals surface area (Å²) in [6.07, 6.45) is -4.95. The molecule has 2 fully saturated rings. The van der Waals surface area contributed by atoms with E-state index in [1.165, 1.54) is 0 Å². The molecule has 1 saturated heterocycles. The Hall–Kier alpha value is -2.05. The smallest absolute Gasteiger partial charge is 0.223 e. The maximum atomic E-state index is 14.9. The number of sulfone groups is 1. The second-order valence-electron chi connectivity index (χ2n) is 8.48. The van der Waals surface area contributed by atoms with Crippen LogP contribution >= 0.6 is 0 Å². The third kappa shape index (κ3) is 4.28. The molecule has 0 radical (unpaired) electrons. The van der Waals surface area contributed by atoms with Gasteiger partial charge in [-0.1, -0.05) is 0 Å². The van der Waals surface area contributed by atoms with Gasteiger partial charge in [-0.25, -0.2) is 30.3 Å². The first-order valence-corrected chi connectivity index (χ1v) is 13.3. The molecule has 0 amide bonds. The predicted octanol–water partition coefficient (Wildman–Crippen LogP) is 4.14. The maximum Gasteiger partial charge on any atom is 0.416 e. The topological polar surface area (TPSA) is 80.3 Å². The van der Waals surface area contributed by atoms with E-state index < -0.39 is 70.4 Å². The van der Waals surface area contributed by atoms with Crippen molar-refractivity contribution in [1.29, 1.82) is 0 Å². The summed E-state index contributed by atoms with van der Waals surface area (Å²) in [7, 11) is -8.03. The average Bonchev–Trinajstić information content (AvgIpc) is 2.74. The largest absolute Gasteiger partial charge is 0.416 e. The summed E-state index contributed by atoms with van der Waals surface area (Å²) in [4.78, 5) is -0.450. The van der Waals surface area contributed by atoms with Gasteiger partial charge in [0, 0.05) is 11.6 Å². The molecule has 0 spiro atoms. The summed E-state index contributed by atoms with van der Waals surface area (Å²) < 4.78 is 120. The maximum absolute atomic E-state index is 14.9. The van der Waals surface area contributed by atoms with Crippen LogP contribution in [0.25, 0.3) is 0 Å². The summed E-state index contributed by atoms with van der Waals surface area (Å²) in [5.41, 5.74) is -1.45. The quantitative estimate of drug-likeness (QED) is 0.631. The monoisotopic (exact) mass is 509 g/mol. The van der Waals surface area contributed by atoms with E-state index in [0.29, 0.717) is 12.1 Å². The lowest BCUT2D eigenvalue weighted by atomic mass is 9.73. The Bertz CT molecular complexity index is 1280. The van der Waals surface area contributed by atoms with Gasteiger partial charge < -0.3 is 0 Å². The second-order valence-corrected chi connectivity index (χ2v) is 12.6. The minimum Gasteiger partial charge on any atom is -0.223 e. The zero-order valence-corrected chi connectivity index (χ0v) is 18.7. The third-order valence-electron chi connectivity index (χ3n) is 6.53. The summed E-state index contributed by atoms with van der Waals surface area (Å²) in [6, 6.07) is 4.77. The number of alkyl halides is 3. The van der Waals surface area contributed by atoms with Crippen LogP contribution in [0.2, 0.25) is 0 Å². The number of halogens is 5. The molecule has 4 rings (SSSR count). The first-order chi connectivity index (χ1) is 15.3. The van der Waals surface area contributed by atoms with Crippen LogP contribution in [0.3, 0.4) is 0 Å². The summed E-state index contributed by atoms with van der Waals surface area (Å²) in [5, 5.41) is 0. The number of fused-ring (bicyclic) bond motifs is 1. The van der Waals surface area contributed by atoms with E-state index in [2.05, 4.69) is 4.72 Å². The number of nitrogens with one attached hydrogen (secondary N) is 1. The minimum atomic E-state index is -4.67. The molecule has 1 heterocycles. The fourth-order valence-electron chi connectivity index (χ4n) is 4.88. The lowest BCUT2D eigenvalue weighted by molar-refractivity contribution is -0.137. The predicted molar refractivity (Wildman–Crippen MR) is 109 cm³/mol. The van der Waals surface area contributed by atoms with E-state index in [4.69, 9.17) is 0 Å². The lowest BCUT2D eigenvalue weighted by Crippen LogP contribution is -2.54. The Labute approximate surface area is 188 Å². The molecular weight excluding hydrogens is 489 g/mol. The molecule has 1 aliphatic heterocycles. The Morgan fingerprint density at radius 1 is 1.00 bits per heavy atom. The fraction of sp³-hybridized carbons (Fsp3) is 0.429. The first-order valence-electron chi connectivity index (χ1n) is 10.1. The molecule has 180 valence electrons. The summed E-state index contributed by atoms with van der Waals surface area (Å²) >= 11 is 0. The summed E-state index contributed by atoms with van der Waals surface area (Å²) in [6.45, 7) is 0. The summed E-state index contributed by atoms with van der Waals surface area (Å²) in [5.74, 6) is -2.54. The van der Waals surface area contributed by atoms with Crippen LogP contribution in [0.5, 0.6) is 0 Å². The molecule has 2 aliphatic rings. The van der Waals surface area contributed by atoms with Crippen LogP contribution in [0.15, 0.2) is 47.4 Å². The normalized spacial score (nSPS) is 27.7. The van der Waals surface area contributed by atoms with Crippen LogP contribution in [-0.2, 0) is 30.8 Å². The van der Waals surface area contributed by atoms with Crippen molar-refractivity contribution in [2.45, 2.75) is 47.5 Å². The van der Waals surface area contributed by atoms with Crippen molar-refractivity contribution >= 4 is 19.9 Å². The molecule has 2 aromatic carbocycles. The third-order valence-corrected chi connectivity index (χ3v) is 10.5. The molecule has 33 heavy (non-hydrogen) atoms. The van der Waals surface area contributed by atoms with Crippen LogP contribution in [0.4, 0.5) is 22.0 Å². The van der Waals surface area contributed by atoms with Gasteiger partial charge in [0.15, 0.2) is 9.84 Å². The molecular formula is C21H20F5NO4S2. The molecule has 1 saturated carbocycles. The molecule has 1 N–H and O–H groups in total. The Morgan fingerprint density at radius 2 is 1.67 bits per heavy atom. The molecule has 0 aromatic heterocycles. The van der Waals surface area contributed by atoms with Crippen molar-refractivity contribution < 1.29 is 38.8 Å². The lowest BCUT2D eigenvalue weighted by Gasteiger charge is -2.46. The number of hydrogen-bond acceptors (Lipinski definition) is 4. The van der Waals surface area contributed by atoms with Gasteiger partial charge in [-0.15, -0.1) is 0 Å². The number of sulfonamides is 1. The molecule has 3 atom stereocenters. The molecule has 12 heteroatoms. The Morgan fingerprint density at radius 3 is 2.30 bits per heavy atom. The van der Waals surface area contributed by atoms with E-state index in [0.717, 1.165) is 30.3 Å². The Balaban J connectivity index is 1.84. The molecule has 5 nitrogen and oxygen atoms in total. The molecule has 0 unspecified atom stereocenters. The van der Waals surface area contributed by atoms with E-state index >= 15 is 0 Å². The molecule has 0 bridgehead atoms. The van der Waals surface area contributed by atoms with Crippen LogP contribution in [0, 0.1) is 17.6 Å². The number of benzene rings is 2. The number of rotatable bonds is 3. The van der Waals surface area contributed by atoms with Gasteiger partial charge in [-0.2, -0.15) is 13.2 Å². The van der Waals surface area contributed by atoms with E-state index in [-0.39, 0.29) is 31.4 Å². The van der Waals surface area contributed by atoms with Crippen LogP contribution < -0.4 is 4.72 Å². The first kappa shape index (κ1) is 24.1. The van der Waals surface area contributed by atoms with Gasteiger partial charge in [0.25, 0.3) is 0 Å². The standard InChI is InChI=1S/C21H20F5NO4S2/c22-15-3-6-18(23)17(11-15)20(9-7-19-13(12-20)8-10-32(28,29)27-19)33(30,31)16-4-1-14(2-5-16)21(24,25)26/h1-6,11,13,19,27H,7-10,12H2/t13-,19+,20-/m1/s1. The van der Waals surface area contributed by atoms with Crippen LogP contribution in [-0.4, -0.2) is 28.6 Å². The Kier molecular flexibility index (Phi) is 5.85. The van der Waals surface area contributed by atoms with Crippen molar-refractivity contribution in [3.8, 4) is 0 Å². The van der Waals surface area contributed by atoms with Crippen molar-refractivity contribution in [3.05, 3.63) is 65.2 Å². The van der Waals surface area contributed by atoms with Gasteiger partial charge in [0.05, 0.1) is 16.2 Å². The minimum absolute atomic E-state index is 0.0414. The van der Waals surface area contributed by atoms with Gasteiger partial charge >= 0.3 is 6.18 Å². The highest BCUT2D eigenvalue weighted by Crippen LogP contribution is 2.51. The average molecular weight is 510 g/mol. The SMILES string of the molecule is O=S1(=O)CC[C@@H]2C[C@](c3cc(F)ccc3F)(S(=O)(=O)c3ccc(C(F)(F)F)cc3)CC[C@@H]2N1. The van der Waals surface area contributed by atoms with Crippen molar-refractivity contribution in [2.75, 3.05) is 5.75 Å². The van der Waals surface area contributed by atoms with Crippen molar-refractivity contribution in [1.82, 2.24) is 4.72 Å². The van der Waals surface area contributed by atoms with Crippen LogP contribution in [0.1, 0.15) is 36.8 Å². The number of hydrogen-bond donors (Lipinski definition) is 1. The van der Waals surface area contributed by atoms with Gasteiger partial charge in [-0.05, 0) is 74.1 Å².